The molecule has 332 valence electrons. The van der Waals surface area contributed by atoms with Crippen LogP contribution in [0.1, 0.15) is 149 Å². The summed E-state index contributed by atoms with van der Waals surface area (Å²) < 4.78 is 17.1. The average Bonchev–Trinajstić information content (AvgIpc) is 3.25. The molecule has 0 aromatic heterocycles. The van der Waals surface area contributed by atoms with Crippen molar-refractivity contribution in [3.63, 3.8) is 0 Å². The van der Waals surface area contributed by atoms with Crippen molar-refractivity contribution in [2.45, 2.75) is 155 Å². The minimum atomic E-state index is -0.637. The van der Waals surface area contributed by atoms with E-state index < -0.39 is 6.10 Å². The second kappa shape index (κ2) is 48.9. The zero-order valence-electron chi connectivity index (χ0n) is 37.9. The molecule has 0 rings (SSSR count). The second-order valence-corrected chi connectivity index (χ2v) is 14.2. The molecule has 5 heteroatoms. The van der Waals surface area contributed by atoms with Gasteiger partial charge in [0.25, 0.3) is 0 Å². The van der Waals surface area contributed by atoms with Gasteiger partial charge >= 0.3 is 11.9 Å². The fraction of sp³-hybridized carbons (Fsp3) is 0.491. The number of unbranched alkanes of at least 4 members (excludes halogenated alkanes) is 3. The molecule has 1 atom stereocenters. The molecule has 0 amide bonds. The van der Waals surface area contributed by atoms with E-state index in [2.05, 4.69) is 167 Å². The third kappa shape index (κ3) is 46.2. The molecule has 0 aliphatic heterocycles. The minimum absolute atomic E-state index is 0.0197. The molecule has 0 radical (unpaired) electrons. The van der Waals surface area contributed by atoms with Crippen LogP contribution in [0.15, 0.2) is 158 Å². The number of esters is 2. The van der Waals surface area contributed by atoms with Crippen LogP contribution < -0.4 is 0 Å². The topological polar surface area (TPSA) is 61.8 Å². The highest BCUT2D eigenvalue weighted by Gasteiger charge is 2.17. The minimum Gasteiger partial charge on any atom is -0.461 e. The zero-order chi connectivity index (χ0) is 43.5. The molecular formula is C55H82O5. The summed E-state index contributed by atoms with van der Waals surface area (Å²) >= 11 is 0. The van der Waals surface area contributed by atoms with Crippen molar-refractivity contribution < 1.29 is 23.8 Å². The Hall–Kier alpha value is -4.48. The van der Waals surface area contributed by atoms with Gasteiger partial charge in [-0.05, 0) is 116 Å². The van der Waals surface area contributed by atoms with Gasteiger partial charge in [-0.1, -0.05) is 179 Å². The first kappa shape index (κ1) is 55.5. The quantitative estimate of drug-likeness (QED) is 0.0351. The largest absolute Gasteiger partial charge is 0.461 e. The lowest BCUT2D eigenvalue weighted by molar-refractivity contribution is -0.162. The summed E-state index contributed by atoms with van der Waals surface area (Å²) in [6.07, 6.45) is 72.8. The summed E-state index contributed by atoms with van der Waals surface area (Å²) in [5, 5.41) is 0. The van der Waals surface area contributed by atoms with E-state index in [1.165, 1.54) is 0 Å². The van der Waals surface area contributed by atoms with Gasteiger partial charge in [-0.25, -0.2) is 0 Å². The number of carbonyl (C=O) groups is 2. The molecule has 60 heavy (non-hydrogen) atoms. The van der Waals surface area contributed by atoms with Crippen LogP contribution in [-0.4, -0.2) is 37.9 Å². The highest BCUT2D eigenvalue weighted by Crippen LogP contribution is 2.08. The summed E-state index contributed by atoms with van der Waals surface area (Å²) in [4.78, 5) is 25.2. The SMILES string of the molecule is CC/C=C\C/C=C\C/C=C\C/C=C\C/C=C\CC(=O)OCC(COCCC/C=C\C/C=C\C/C=C\C/C=C\CC)OC(=O)CCCC/C=C\C/C=C\C/C=C\C/C=C\CC. The summed E-state index contributed by atoms with van der Waals surface area (Å²) in [5.74, 6) is -0.642. The van der Waals surface area contributed by atoms with Crippen molar-refractivity contribution in [3.8, 4) is 0 Å². The van der Waals surface area contributed by atoms with E-state index in [0.717, 1.165) is 116 Å². The van der Waals surface area contributed by atoms with E-state index in [-0.39, 0.29) is 31.6 Å². The molecule has 0 fully saturated rings. The molecular weight excluding hydrogens is 741 g/mol. The van der Waals surface area contributed by atoms with E-state index in [4.69, 9.17) is 14.2 Å². The van der Waals surface area contributed by atoms with Gasteiger partial charge in [-0.2, -0.15) is 0 Å². The van der Waals surface area contributed by atoms with Crippen molar-refractivity contribution in [1.82, 2.24) is 0 Å². The number of allylic oxidation sites excluding steroid dienone is 25. The molecule has 5 nitrogen and oxygen atoms in total. The number of carbonyl (C=O) groups excluding carboxylic acids is 2. The van der Waals surface area contributed by atoms with Crippen LogP contribution >= 0.6 is 0 Å². The van der Waals surface area contributed by atoms with Gasteiger partial charge in [0.2, 0.25) is 0 Å². The molecule has 0 aliphatic carbocycles. The Morgan fingerprint density at radius 2 is 0.733 bits per heavy atom. The van der Waals surface area contributed by atoms with Gasteiger partial charge < -0.3 is 14.2 Å². The summed E-state index contributed by atoms with van der Waals surface area (Å²) in [5.41, 5.74) is 0. The first-order valence-corrected chi connectivity index (χ1v) is 23.0. The molecule has 0 heterocycles. The molecule has 0 aromatic carbocycles. The smallest absolute Gasteiger partial charge is 0.309 e. The number of hydrogen-bond acceptors (Lipinski definition) is 5. The van der Waals surface area contributed by atoms with Crippen molar-refractivity contribution in [2.75, 3.05) is 19.8 Å². The maximum Gasteiger partial charge on any atom is 0.309 e. The predicted molar refractivity (Wildman–Crippen MR) is 260 cm³/mol. The molecule has 0 aromatic rings. The van der Waals surface area contributed by atoms with Crippen molar-refractivity contribution in [2.24, 2.45) is 0 Å². The Labute approximate surface area is 367 Å². The van der Waals surface area contributed by atoms with Crippen LogP contribution in [0.25, 0.3) is 0 Å². The summed E-state index contributed by atoms with van der Waals surface area (Å²) in [6, 6.07) is 0. The van der Waals surface area contributed by atoms with E-state index in [1.54, 1.807) is 0 Å². The van der Waals surface area contributed by atoms with Crippen LogP contribution in [0, 0.1) is 0 Å². The number of hydrogen-bond donors (Lipinski definition) is 0. The fourth-order valence-corrected chi connectivity index (χ4v) is 5.28. The molecule has 0 spiro atoms. The molecule has 0 saturated heterocycles. The van der Waals surface area contributed by atoms with Gasteiger partial charge in [0.15, 0.2) is 6.10 Å². The van der Waals surface area contributed by atoms with Gasteiger partial charge in [0, 0.05) is 13.0 Å². The Balaban J connectivity index is 4.61. The molecule has 1 unspecified atom stereocenters. The lowest BCUT2D eigenvalue weighted by Gasteiger charge is -2.18. The van der Waals surface area contributed by atoms with Crippen LogP contribution in [0.3, 0.4) is 0 Å². The number of rotatable bonds is 39. The van der Waals surface area contributed by atoms with Crippen LogP contribution in [-0.2, 0) is 23.8 Å². The van der Waals surface area contributed by atoms with E-state index in [9.17, 15) is 9.59 Å². The van der Waals surface area contributed by atoms with Crippen LogP contribution in [0.5, 0.6) is 0 Å². The third-order valence-corrected chi connectivity index (χ3v) is 8.57. The average molecular weight is 823 g/mol. The third-order valence-electron chi connectivity index (χ3n) is 8.57. The summed E-state index contributed by atoms with van der Waals surface area (Å²) in [7, 11) is 0. The van der Waals surface area contributed by atoms with Crippen molar-refractivity contribution >= 4 is 11.9 Å². The Morgan fingerprint density at radius 1 is 0.383 bits per heavy atom. The lowest BCUT2D eigenvalue weighted by atomic mass is 10.2. The first-order chi connectivity index (χ1) is 29.6. The van der Waals surface area contributed by atoms with Gasteiger partial charge in [0.1, 0.15) is 6.61 Å². The number of ether oxygens (including phenoxy) is 3. The van der Waals surface area contributed by atoms with Gasteiger partial charge in [-0.15, -0.1) is 0 Å². The predicted octanol–water partition coefficient (Wildman–Crippen LogP) is 15.6. The highest BCUT2D eigenvalue weighted by molar-refractivity contribution is 5.71. The van der Waals surface area contributed by atoms with E-state index in [1.807, 2.05) is 12.2 Å². The van der Waals surface area contributed by atoms with Gasteiger partial charge in [-0.3, -0.25) is 9.59 Å². The van der Waals surface area contributed by atoms with E-state index in [0.29, 0.717) is 13.0 Å². The lowest BCUT2D eigenvalue weighted by Crippen LogP contribution is -2.30. The standard InChI is InChI=1S/C55H82O5/c1-4-7-10-13-16-19-22-25-28-30-33-36-39-42-45-48-54(56)59-52-53(51-58-50-47-44-41-38-35-32-27-24-21-18-15-12-9-6-3)60-55(57)49-46-43-40-37-34-31-29-26-23-20-17-14-11-8-5-2/h7-12,16-21,25-29,32-34,36-38,41-42,45,53H,4-6,13-15,22-24,30-31,35,39-40,43-44,46-52H2,1-3H3/b10-7-,11-8-,12-9-,19-16-,20-17-,21-18-,28-25-,29-26-,32-27-,36-33-,37-34-,41-38-,45-42-. The maximum atomic E-state index is 12.7. The fourth-order valence-electron chi connectivity index (χ4n) is 5.28. The molecule has 0 bridgehead atoms. The van der Waals surface area contributed by atoms with Crippen molar-refractivity contribution in [1.29, 1.82) is 0 Å². The zero-order valence-corrected chi connectivity index (χ0v) is 37.9. The van der Waals surface area contributed by atoms with E-state index >= 15 is 0 Å². The molecule has 0 aliphatic rings. The maximum absolute atomic E-state index is 12.7. The Morgan fingerprint density at radius 3 is 1.13 bits per heavy atom. The second-order valence-electron chi connectivity index (χ2n) is 14.2. The normalized spacial score (nSPS) is 13.7. The highest BCUT2D eigenvalue weighted by atomic mass is 16.6. The monoisotopic (exact) mass is 823 g/mol. The van der Waals surface area contributed by atoms with Crippen molar-refractivity contribution in [3.05, 3.63) is 158 Å². The van der Waals surface area contributed by atoms with Gasteiger partial charge in [0.05, 0.1) is 13.0 Å². The first-order valence-electron chi connectivity index (χ1n) is 23.0. The Kier molecular flexibility index (Phi) is 45.2. The summed E-state index contributed by atoms with van der Waals surface area (Å²) in [6.45, 7) is 7.14. The molecule has 0 saturated carbocycles. The van der Waals surface area contributed by atoms with Crippen LogP contribution in [0.4, 0.5) is 0 Å². The molecule has 0 N–H and O–H groups in total. The van der Waals surface area contributed by atoms with Crippen LogP contribution in [0.2, 0.25) is 0 Å². The Bertz CT molecular complexity index is 1390.